The van der Waals surface area contributed by atoms with Crippen molar-refractivity contribution in [2.45, 2.75) is 6.04 Å². The molecule has 0 aliphatic rings. The lowest BCUT2D eigenvalue weighted by Crippen LogP contribution is -2.36. The monoisotopic (exact) mass is 324 g/mol. The van der Waals surface area contributed by atoms with Gasteiger partial charge in [0, 0.05) is 11.4 Å². The predicted molar refractivity (Wildman–Crippen MR) is 74.4 cm³/mol. The van der Waals surface area contributed by atoms with Gasteiger partial charge in [-0.1, -0.05) is 0 Å². The van der Waals surface area contributed by atoms with Gasteiger partial charge in [-0.05, 0) is 0 Å². The third-order valence-electron chi connectivity index (χ3n) is 2.62. The van der Waals surface area contributed by atoms with Gasteiger partial charge >= 0.3 is 0 Å². The Morgan fingerprint density at radius 1 is 1.50 bits per heavy atom. The summed E-state index contributed by atoms with van der Waals surface area (Å²) in [4.78, 5) is 38.5. The molecule has 11 heteroatoms. The van der Waals surface area contributed by atoms with Crippen LogP contribution >= 0.6 is 11.3 Å². The third-order valence-corrected chi connectivity index (χ3v) is 3.31. The molecule has 1 atom stereocenters. The molecule has 2 aromatic heterocycles. The molecule has 2 aromatic rings. The SMILES string of the molecule is [NH]C(=O)C(NC(=O)c1cc(=O)c(O)cn1O)c1csc(N)n1. The fraction of sp³-hybridized carbons (Fsp3) is 0.0909. The van der Waals surface area contributed by atoms with Crippen molar-refractivity contribution in [2.75, 3.05) is 5.73 Å². The summed E-state index contributed by atoms with van der Waals surface area (Å²) in [5, 5.41) is 22.3. The number of rotatable bonds is 4. The lowest BCUT2D eigenvalue weighted by Gasteiger charge is -2.13. The minimum absolute atomic E-state index is 0.0708. The maximum Gasteiger partial charge on any atom is 0.272 e. The Morgan fingerprint density at radius 2 is 2.18 bits per heavy atom. The van der Waals surface area contributed by atoms with E-state index < -0.39 is 34.7 Å². The van der Waals surface area contributed by atoms with Crippen LogP contribution in [0, 0.1) is 0 Å². The summed E-state index contributed by atoms with van der Waals surface area (Å²) in [6, 6.07) is -0.712. The molecular formula is C11H10N5O5S. The Hall–Kier alpha value is -3.08. The van der Waals surface area contributed by atoms with Gasteiger partial charge in [-0.3, -0.25) is 20.1 Å². The van der Waals surface area contributed by atoms with Gasteiger partial charge in [-0.2, -0.15) is 4.73 Å². The minimum Gasteiger partial charge on any atom is -0.503 e. The van der Waals surface area contributed by atoms with Crippen LogP contribution in [0.2, 0.25) is 0 Å². The van der Waals surface area contributed by atoms with Crippen LogP contribution in [-0.2, 0) is 4.79 Å². The van der Waals surface area contributed by atoms with Crippen molar-refractivity contribution < 1.29 is 19.9 Å². The molecule has 0 fully saturated rings. The maximum absolute atomic E-state index is 12.0. The quantitative estimate of drug-likeness (QED) is 0.528. The van der Waals surface area contributed by atoms with Crippen LogP contribution in [0.3, 0.4) is 0 Å². The van der Waals surface area contributed by atoms with Gasteiger partial charge in [0.05, 0.1) is 11.9 Å². The highest BCUT2D eigenvalue weighted by Gasteiger charge is 2.25. The smallest absolute Gasteiger partial charge is 0.272 e. The Bertz CT molecular complexity index is 798. The highest BCUT2D eigenvalue weighted by Crippen LogP contribution is 2.19. The van der Waals surface area contributed by atoms with Crippen molar-refractivity contribution in [1.82, 2.24) is 20.8 Å². The molecule has 6 N–H and O–H groups in total. The van der Waals surface area contributed by atoms with Crippen molar-refractivity contribution in [2.24, 2.45) is 0 Å². The first-order valence-electron chi connectivity index (χ1n) is 5.71. The van der Waals surface area contributed by atoms with E-state index in [0.717, 1.165) is 11.3 Å². The molecule has 2 amide bonds. The van der Waals surface area contributed by atoms with Gasteiger partial charge in [0.15, 0.2) is 16.9 Å². The summed E-state index contributed by atoms with van der Waals surface area (Å²) in [5.41, 5.74) is 11.3. The average molecular weight is 324 g/mol. The number of nitrogens with zero attached hydrogens (tertiary/aromatic N) is 2. The highest BCUT2D eigenvalue weighted by molar-refractivity contribution is 7.13. The average Bonchev–Trinajstić information content (AvgIpc) is 2.85. The number of nitrogen functional groups attached to an aromatic ring is 1. The first kappa shape index (κ1) is 15.3. The molecule has 0 aliphatic heterocycles. The van der Waals surface area contributed by atoms with E-state index in [2.05, 4.69) is 10.3 Å². The molecule has 0 bridgehead atoms. The van der Waals surface area contributed by atoms with E-state index in [1.807, 2.05) is 0 Å². The summed E-state index contributed by atoms with van der Waals surface area (Å²) in [6.45, 7) is 0. The van der Waals surface area contributed by atoms with Crippen LogP contribution in [-0.4, -0.2) is 31.8 Å². The molecular weight excluding hydrogens is 314 g/mol. The second-order valence-electron chi connectivity index (χ2n) is 4.13. The topological polar surface area (TPSA) is 171 Å². The van der Waals surface area contributed by atoms with E-state index in [4.69, 9.17) is 16.6 Å². The lowest BCUT2D eigenvalue weighted by atomic mass is 10.2. The van der Waals surface area contributed by atoms with E-state index in [-0.39, 0.29) is 15.6 Å². The first-order valence-corrected chi connectivity index (χ1v) is 6.59. The van der Waals surface area contributed by atoms with E-state index in [1.54, 1.807) is 0 Å². The standard InChI is InChI=1S/C11H10N5O5S/c12-9(19)8(4-3-22-11(13)14-4)15-10(20)5-1-6(17)7(18)2-16(5)21/h1-3,8,12,18,21H,(H2,13,14)(H,15,20). The maximum atomic E-state index is 12.0. The van der Waals surface area contributed by atoms with Crippen LogP contribution in [0.25, 0.3) is 0 Å². The van der Waals surface area contributed by atoms with Crippen molar-refractivity contribution in [3.63, 3.8) is 0 Å². The fourth-order valence-electron chi connectivity index (χ4n) is 1.59. The molecule has 0 saturated carbocycles. The van der Waals surface area contributed by atoms with Crippen molar-refractivity contribution >= 4 is 28.3 Å². The van der Waals surface area contributed by atoms with Crippen LogP contribution in [0.4, 0.5) is 5.13 Å². The second-order valence-corrected chi connectivity index (χ2v) is 5.02. The lowest BCUT2D eigenvalue weighted by molar-refractivity contribution is -0.120. The van der Waals surface area contributed by atoms with Gasteiger partial charge in [0.25, 0.3) is 11.8 Å². The number of nitrogens with two attached hydrogens (primary N) is 1. The second kappa shape index (κ2) is 5.73. The van der Waals surface area contributed by atoms with Gasteiger partial charge in [-0.25, -0.2) is 4.98 Å². The molecule has 0 spiro atoms. The van der Waals surface area contributed by atoms with Crippen LogP contribution in [0.1, 0.15) is 22.2 Å². The summed E-state index contributed by atoms with van der Waals surface area (Å²) in [6.07, 6.45) is 0.635. The summed E-state index contributed by atoms with van der Waals surface area (Å²) >= 11 is 1.02. The van der Waals surface area contributed by atoms with Crippen molar-refractivity contribution in [3.8, 4) is 5.75 Å². The van der Waals surface area contributed by atoms with Gasteiger partial charge in [0.2, 0.25) is 5.43 Å². The van der Waals surface area contributed by atoms with E-state index in [1.165, 1.54) is 5.38 Å². The number of amides is 2. The highest BCUT2D eigenvalue weighted by atomic mass is 32.1. The number of thiazole rings is 1. The Kier molecular flexibility index (Phi) is 3.99. The minimum atomic E-state index is -1.40. The number of aromatic nitrogens is 2. The fourth-order valence-corrected chi connectivity index (χ4v) is 2.18. The molecule has 1 unspecified atom stereocenters. The molecule has 10 nitrogen and oxygen atoms in total. The number of carbonyl (C=O) groups excluding carboxylic acids is 2. The van der Waals surface area contributed by atoms with Gasteiger partial charge < -0.3 is 21.4 Å². The first-order chi connectivity index (χ1) is 10.3. The normalized spacial score (nSPS) is 11.8. The Balaban J connectivity index is 2.31. The number of carbonyl (C=O) groups is 2. The van der Waals surface area contributed by atoms with E-state index in [9.17, 15) is 19.6 Å². The molecule has 0 aromatic carbocycles. The summed E-state index contributed by atoms with van der Waals surface area (Å²) in [7, 11) is 0. The molecule has 0 aliphatic carbocycles. The van der Waals surface area contributed by atoms with E-state index in [0.29, 0.717) is 12.3 Å². The molecule has 2 heterocycles. The molecule has 0 saturated heterocycles. The summed E-state index contributed by atoms with van der Waals surface area (Å²) in [5.74, 6) is -2.90. The molecule has 1 radical (unpaired) electrons. The van der Waals surface area contributed by atoms with Gasteiger partial charge in [0.1, 0.15) is 5.69 Å². The number of anilines is 1. The zero-order chi connectivity index (χ0) is 16.4. The molecule has 2 rings (SSSR count). The number of pyridine rings is 1. The molecule has 115 valence electrons. The number of nitrogens with one attached hydrogen (secondary N) is 2. The van der Waals surface area contributed by atoms with Crippen molar-refractivity contribution in [1.29, 1.82) is 0 Å². The Labute approximate surface area is 126 Å². The zero-order valence-electron chi connectivity index (χ0n) is 10.8. The van der Waals surface area contributed by atoms with Crippen LogP contribution < -0.4 is 22.2 Å². The largest absolute Gasteiger partial charge is 0.503 e. The number of aromatic hydroxyl groups is 1. The predicted octanol–water partition coefficient (Wildman–Crippen LogP) is -0.890. The van der Waals surface area contributed by atoms with Crippen LogP contribution in [0.15, 0.2) is 22.4 Å². The molecule has 22 heavy (non-hydrogen) atoms. The number of hydrogen-bond acceptors (Lipinski definition) is 8. The number of hydrogen-bond donors (Lipinski definition) is 4. The van der Waals surface area contributed by atoms with E-state index >= 15 is 0 Å². The summed E-state index contributed by atoms with van der Waals surface area (Å²) < 4.78 is 0.229. The Morgan fingerprint density at radius 3 is 2.73 bits per heavy atom. The van der Waals surface area contributed by atoms with Crippen molar-refractivity contribution in [3.05, 3.63) is 39.3 Å². The third kappa shape index (κ3) is 2.98. The zero-order valence-corrected chi connectivity index (χ0v) is 11.6. The van der Waals surface area contributed by atoms with Crippen LogP contribution in [0.5, 0.6) is 5.75 Å². The van der Waals surface area contributed by atoms with Gasteiger partial charge in [-0.15, -0.1) is 11.3 Å².